The van der Waals surface area contributed by atoms with E-state index in [1.807, 2.05) is 13.1 Å². The topological polar surface area (TPSA) is 42.2 Å². The third-order valence-electron chi connectivity index (χ3n) is 4.08. The molecule has 22 heavy (non-hydrogen) atoms. The lowest BCUT2D eigenvalue weighted by molar-refractivity contribution is -0.116. The van der Waals surface area contributed by atoms with Gasteiger partial charge in [0.05, 0.1) is 0 Å². The molecule has 3 heteroatoms. The van der Waals surface area contributed by atoms with Gasteiger partial charge in [-0.3, -0.25) is 0 Å². The van der Waals surface area contributed by atoms with E-state index in [2.05, 4.69) is 35.6 Å². The van der Waals surface area contributed by atoms with Gasteiger partial charge in [0.2, 0.25) is 0 Å². The van der Waals surface area contributed by atoms with Crippen LogP contribution in [-0.4, -0.2) is 19.4 Å². The molecule has 0 aliphatic carbocycles. The molecule has 1 aromatic heterocycles. The van der Waals surface area contributed by atoms with Crippen molar-refractivity contribution in [2.45, 2.75) is 26.2 Å². The van der Waals surface area contributed by atoms with Gasteiger partial charge in [-0.05, 0) is 44.5 Å². The zero-order valence-electron chi connectivity index (χ0n) is 13.1. The summed E-state index contributed by atoms with van der Waals surface area (Å²) in [5.41, 5.74) is 4.24. The number of para-hydroxylation sites is 2. The van der Waals surface area contributed by atoms with Gasteiger partial charge in [0.15, 0.2) is 0 Å². The Morgan fingerprint density at radius 1 is 1.00 bits per heavy atom. The minimum Gasteiger partial charge on any atom is -0.455 e. The summed E-state index contributed by atoms with van der Waals surface area (Å²) in [5.74, 6) is 0.211. The fraction of sp³-hybridized carbons (Fsp3) is 0.316. The van der Waals surface area contributed by atoms with Crippen molar-refractivity contribution in [2.75, 3.05) is 13.6 Å². The Hall–Kier alpha value is -2.13. The fourth-order valence-electron chi connectivity index (χ4n) is 2.90. The number of hydrogen-bond donors (Lipinski definition) is 1. The largest absolute Gasteiger partial charge is 0.455 e. The van der Waals surface area contributed by atoms with E-state index in [4.69, 9.17) is 4.42 Å². The number of nitrogens with one attached hydrogen (secondary N) is 1. The van der Waals surface area contributed by atoms with E-state index >= 15 is 0 Å². The maximum Gasteiger partial charge on any atom is 0.138 e. The number of carbonyl (C=O) groups is 1. The van der Waals surface area contributed by atoms with Crippen LogP contribution in [0, 0.1) is 0 Å². The van der Waals surface area contributed by atoms with Crippen LogP contribution in [0.3, 0.4) is 0 Å². The van der Waals surface area contributed by atoms with Gasteiger partial charge in [-0.2, -0.15) is 0 Å². The average molecular weight is 295 g/mol. The molecule has 2 aromatic carbocycles. The molecule has 0 radical (unpaired) electrons. The van der Waals surface area contributed by atoms with Crippen molar-refractivity contribution in [3.8, 4) is 0 Å². The first-order chi connectivity index (χ1) is 10.7. The summed E-state index contributed by atoms with van der Waals surface area (Å²) in [4.78, 5) is 11.3. The average Bonchev–Trinajstić information content (AvgIpc) is 2.90. The molecule has 1 N–H and O–H groups in total. The number of carbonyl (C=O) groups excluding carboxylic acids is 1. The molecule has 0 atom stereocenters. The van der Waals surface area contributed by atoms with Crippen molar-refractivity contribution in [1.29, 1.82) is 0 Å². The normalized spacial score (nSPS) is 11.4. The molecule has 0 bridgehead atoms. The van der Waals surface area contributed by atoms with Gasteiger partial charge in [0.25, 0.3) is 0 Å². The van der Waals surface area contributed by atoms with E-state index in [0.29, 0.717) is 6.42 Å². The van der Waals surface area contributed by atoms with E-state index in [1.165, 1.54) is 5.56 Å². The molecule has 3 nitrogen and oxygen atoms in total. The SMILES string of the molecule is CNCCc1cccc2c1oc1c(CCC(C)=O)cccc12. The standard InChI is InChI=1S/C19H21NO2/c1-13(21)9-10-14-5-3-7-16-17-8-4-6-15(11-12-20-2)19(17)22-18(14)16/h3-8,20H,9-12H2,1-2H3. The molecule has 0 aliphatic heterocycles. The summed E-state index contributed by atoms with van der Waals surface area (Å²) in [7, 11) is 1.96. The van der Waals surface area contributed by atoms with Gasteiger partial charge < -0.3 is 14.5 Å². The van der Waals surface area contributed by atoms with Crippen molar-refractivity contribution in [1.82, 2.24) is 5.32 Å². The molecule has 3 rings (SSSR count). The lowest BCUT2D eigenvalue weighted by Gasteiger charge is -2.01. The Kier molecular flexibility index (Phi) is 4.25. The fourth-order valence-corrected chi connectivity index (χ4v) is 2.90. The van der Waals surface area contributed by atoms with Gasteiger partial charge in [0.1, 0.15) is 16.9 Å². The van der Waals surface area contributed by atoms with Crippen LogP contribution in [-0.2, 0) is 17.6 Å². The maximum atomic E-state index is 11.3. The lowest BCUT2D eigenvalue weighted by Crippen LogP contribution is -2.10. The van der Waals surface area contributed by atoms with E-state index in [1.54, 1.807) is 6.92 Å². The number of fused-ring (bicyclic) bond motifs is 3. The summed E-state index contributed by atoms with van der Waals surface area (Å²) < 4.78 is 6.20. The summed E-state index contributed by atoms with van der Waals surface area (Å²) in [6.07, 6.45) is 2.23. The van der Waals surface area contributed by atoms with Crippen LogP contribution < -0.4 is 5.32 Å². The highest BCUT2D eigenvalue weighted by atomic mass is 16.3. The monoisotopic (exact) mass is 295 g/mol. The minimum absolute atomic E-state index is 0.211. The van der Waals surface area contributed by atoms with Crippen LogP contribution in [0.2, 0.25) is 0 Å². The number of rotatable bonds is 6. The first-order valence-electron chi connectivity index (χ1n) is 7.76. The summed E-state index contributed by atoms with van der Waals surface area (Å²) in [6.45, 7) is 2.56. The van der Waals surface area contributed by atoms with Gasteiger partial charge in [-0.25, -0.2) is 0 Å². The Morgan fingerprint density at radius 2 is 1.59 bits per heavy atom. The molecule has 0 amide bonds. The Morgan fingerprint density at radius 3 is 2.14 bits per heavy atom. The van der Waals surface area contributed by atoms with Crippen LogP contribution in [0.15, 0.2) is 40.8 Å². The second-order valence-electron chi connectivity index (χ2n) is 5.75. The van der Waals surface area contributed by atoms with Crippen LogP contribution in [0.5, 0.6) is 0 Å². The molecule has 0 saturated heterocycles. The number of ketones is 1. The number of furan rings is 1. The van der Waals surface area contributed by atoms with Gasteiger partial charge in [0, 0.05) is 17.2 Å². The predicted octanol–water partition coefficient (Wildman–Crippen LogP) is 3.87. The number of aryl methyl sites for hydroxylation is 1. The van der Waals surface area contributed by atoms with Gasteiger partial charge in [-0.15, -0.1) is 0 Å². The smallest absolute Gasteiger partial charge is 0.138 e. The quantitative estimate of drug-likeness (QED) is 0.750. The van der Waals surface area contributed by atoms with Crippen molar-refractivity contribution in [2.24, 2.45) is 0 Å². The third kappa shape index (κ3) is 2.77. The molecular weight excluding hydrogens is 274 g/mol. The molecular formula is C19H21NO2. The Labute approximate surface area is 130 Å². The first-order valence-corrected chi connectivity index (χ1v) is 7.76. The van der Waals surface area contributed by atoms with Crippen molar-refractivity contribution in [3.63, 3.8) is 0 Å². The highest BCUT2D eigenvalue weighted by molar-refractivity contribution is 6.06. The van der Waals surface area contributed by atoms with Gasteiger partial charge >= 0.3 is 0 Å². The zero-order valence-corrected chi connectivity index (χ0v) is 13.1. The Balaban J connectivity index is 2.11. The molecule has 0 fully saturated rings. The summed E-state index contributed by atoms with van der Waals surface area (Å²) in [5, 5.41) is 5.48. The molecule has 0 saturated carbocycles. The van der Waals surface area contributed by atoms with Crippen LogP contribution in [0.4, 0.5) is 0 Å². The van der Waals surface area contributed by atoms with Gasteiger partial charge in [-0.1, -0.05) is 36.4 Å². The summed E-state index contributed by atoms with van der Waals surface area (Å²) in [6, 6.07) is 12.5. The van der Waals surface area contributed by atoms with E-state index in [0.717, 1.165) is 46.9 Å². The minimum atomic E-state index is 0.211. The number of benzene rings is 2. The van der Waals surface area contributed by atoms with E-state index in [9.17, 15) is 4.79 Å². The van der Waals surface area contributed by atoms with Crippen LogP contribution in [0.1, 0.15) is 24.5 Å². The Bertz CT molecular complexity index is 817. The molecule has 3 aromatic rings. The third-order valence-corrected chi connectivity index (χ3v) is 4.08. The van der Waals surface area contributed by atoms with E-state index in [-0.39, 0.29) is 5.78 Å². The molecule has 0 aliphatic rings. The second kappa shape index (κ2) is 6.32. The predicted molar refractivity (Wildman–Crippen MR) is 90.4 cm³/mol. The highest BCUT2D eigenvalue weighted by Crippen LogP contribution is 2.33. The van der Waals surface area contributed by atoms with Crippen LogP contribution in [0.25, 0.3) is 21.9 Å². The molecule has 114 valence electrons. The number of Topliss-reactive ketones (excluding diaryl/α,β-unsaturated/α-hetero) is 1. The summed E-state index contributed by atoms with van der Waals surface area (Å²) >= 11 is 0. The first kappa shape index (κ1) is 14.8. The van der Waals surface area contributed by atoms with Crippen molar-refractivity contribution >= 4 is 27.7 Å². The highest BCUT2D eigenvalue weighted by Gasteiger charge is 2.13. The molecule has 0 spiro atoms. The van der Waals surface area contributed by atoms with Crippen molar-refractivity contribution < 1.29 is 9.21 Å². The number of hydrogen-bond acceptors (Lipinski definition) is 3. The van der Waals surface area contributed by atoms with Crippen molar-refractivity contribution in [3.05, 3.63) is 47.5 Å². The van der Waals surface area contributed by atoms with Crippen LogP contribution >= 0.6 is 0 Å². The lowest BCUT2D eigenvalue weighted by atomic mass is 10.0. The zero-order chi connectivity index (χ0) is 15.5. The molecule has 1 heterocycles. The maximum absolute atomic E-state index is 11.3. The number of likely N-dealkylation sites (N-methyl/N-ethyl adjacent to an activating group) is 1. The second-order valence-corrected chi connectivity index (χ2v) is 5.75. The van der Waals surface area contributed by atoms with E-state index < -0.39 is 0 Å². The molecule has 0 unspecified atom stereocenters.